The summed E-state index contributed by atoms with van der Waals surface area (Å²) in [5.74, 6) is 0.798. The van der Waals surface area contributed by atoms with Gasteiger partial charge in [-0.05, 0) is 42.0 Å². The molecule has 26 heavy (non-hydrogen) atoms. The Morgan fingerprint density at radius 1 is 1.04 bits per heavy atom. The lowest BCUT2D eigenvalue weighted by atomic mass is 10.0. The summed E-state index contributed by atoms with van der Waals surface area (Å²) in [7, 11) is -3.71. The van der Waals surface area contributed by atoms with Crippen molar-refractivity contribution in [1.82, 2.24) is 0 Å². The molecule has 0 spiro atoms. The third-order valence-corrected chi connectivity index (χ3v) is 6.14. The SMILES string of the molecule is CCc1ccccc1NC1=NS(=O)(=O)C(c2ccc(C(C)C)cc2)=C1C. The Kier molecular flexibility index (Phi) is 5.01. The predicted octanol–water partition coefficient (Wildman–Crippen LogP) is 4.96. The van der Waals surface area contributed by atoms with E-state index in [4.69, 9.17) is 0 Å². The van der Waals surface area contributed by atoms with Gasteiger partial charge < -0.3 is 5.32 Å². The van der Waals surface area contributed by atoms with Crippen molar-refractivity contribution in [2.75, 3.05) is 5.32 Å². The largest absolute Gasteiger partial charge is 0.339 e. The second kappa shape index (κ2) is 7.08. The van der Waals surface area contributed by atoms with Crippen LogP contribution in [0.4, 0.5) is 5.69 Å². The lowest BCUT2D eigenvalue weighted by Gasteiger charge is -2.11. The van der Waals surface area contributed by atoms with E-state index in [9.17, 15) is 8.42 Å². The summed E-state index contributed by atoms with van der Waals surface area (Å²) in [6, 6.07) is 15.6. The molecule has 2 aromatic carbocycles. The summed E-state index contributed by atoms with van der Waals surface area (Å²) in [4.78, 5) is 0.282. The zero-order valence-electron chi connectivity index (χ0n) is 15.6. The molecule has 2 aromatic rings. The number of para-hydroxylation sites is 1. The van der Waals surface area contributed by atoms with Crippen molar-refractivity contribution in [2.24, 2.45) is 4.40 Å². The molecule has 0 atom stereocenters. The number of nitrogens with one attached hydrogen (secondary N) is 1. The van der Waals surface area contributed by atoms with Gasteiger partial charge in [0.25, 0.3) is 10.0 Å². The fourth-order valence-electron chi connectivity index (χ4n) is 3.11. The molecule has 0 radical (unpaired) electrons. The van der Waals surface area contributed by atoms with Gasteiger partial charge in [-0.1, -0.05) is 63.2 Å². The topological polar surface area (TPSA) is 58.5 Å². The first-order chi connectivity index (χ1) is 12.3. The Morgan fingerprint density at radius 2 is 1.69 bits per heavy atom. The van der Waals surface area contributed by atoms with Gasteiger partial charge in [0, 0.05) is 11.3 Å². The number of anilines is 1. The highest BCUT2D eigenvalue weighted by molar-refractivity contribution is 8.00. The molecule has 1 N–H and O–H groups in total. The van der Waals surface area contributed by atoms with Crippen LogP contribution in [0.2, 0.25) is 0 Å². The number of hydrogen-bond donors (Lipinski definition) is 1. The fourth-order valence-corrected chi connectivity index (χ4v) is 4.55. The maximum Gasteiger partial charge on any atom is 0.285 e. The van der Waals surface area contributed by atoms with Gasteiger partial charge in [-0.3, -0.25) is 0 Å². The number of nitrogens with zero attached hydrogens (tertiary/aromatic N) is 1. The molecule has 0 aliphatic carbocycles. The lowest BCUT2D eigenvalue weighted by Crippen LogP contribution is -2.12. The van der Waals surface area contributed by atoms with Crippen molar-refractivity contribution < 1.29 is 8.42 Å². The second-order valence-electron chi connectivity index (χ2n) is 6.78. The van der Waals surface area contributed by atoms with E-state index in [2.05, 4.69) is 30.5 Å². The Labute approximate surface area is 155 Å². The highest BCUT2D eigenvalue weighted by Crippen LogP contribution is 2.34. The molecule has 0 unspecified atom stereocenters. The zero-order valence-corrected chi connectivity index (χ0v) is 16.4. The third-order valence-electron chi connectivity index (χ3n) is 4.66. The van der Waals surface area contributed by atoms with Crippen LogP contribution in [-0.2, 0) is 16.4 Å². The average molecular weight is 369 g/mol. The van der Waals surface area contributed by atoms with Crippen molar-refractivity contribution >= 4 is 26.5 Å². The van der Waals surface area contributed by atoms with Crippen LogP contribution in [0.5, 0.6) is 0 Å². The van der Waals surface area contributed by atoms with Gasteiger partial charge in [0.15, 0.2) is 0 Å². The molecule has 1 aliphatic rings. The van der Waals surface area contributed by atoms with Crippen LogP contribution in [0.25, 0.3) is 4.91 Å². The Morgan fingerprint density at radius 3 is 2.31 bits per heavy atom. The van der Waals surface area contributed by atoms with Gasteiger partial charge in [-0.2, -0.15) is 8.42 Å². The minimum atomic E-state index is -3.71. The summed E-state index contributed by atoms with van der Waals surface area (Å²) in [6.07, 6.45) is 0.857. The maximum absolute atomic E-state index is 12.7. The molecule has 1 heterocycles. The van der Waals surface area contributed by atoms with Gasteiger partial charge in [0.05, 0.1) is 0 Å². The number of aryl methyl sites for hydroxylation is 1. The molecule has 0 fully saturated rings. The quantitative estimate of drug-likeness (QED) is 0.830. The van der Waals surface area contributed by atoms with E-state index in [0.29, 0.717) is 22.9 Å². The molecule has 4 nitrogen and oxygen atoms in total. The number of sulfonamides is 1. The first-order valence-corrected chi connectivity index (χ1v) is 10.3. The molecule has 136 valence electrons. The second-order valence-corrected chi connectivity index (χ2v) is 8.32. The van der Waals surface area contributed by atoms with Crippen molar-refractivity contribution in [1.29, 1.82) is 0 Å². The normalized spacial score (nSPS) is 16.1. The van der Waals surface area contributed by atoms with E-state index in [0.717, 1.165) is 17.7 Å². The average Bonchev–Trinajstić information content (AvgIpc) is 2.84. The van der Waals surface area contributed by atoms with Crippen LogP contribution in [0.3, 0.4) is 0 Å². The molecule has 0 saturated carbocycles. The minimum Gasteiger partial charge on any atom is -0.339 e. The summed E-state index contributed by atoms with van der Waals surface area (Å²) in [5.41, 5.74) is 4.51. The van der Waals surface area contributed by atoms with Crippen LogP contribution < -0.4 is 5.32 Å². The molecule has 0 saturated heterocycles. The number of amidine groups is 1. The molecular weight excluding hydrogens is 344 g/mol. The van der Waals surface area contributed by atoms with E-state index in [1.807, 2.05) is 48.5 Å². The Balaban J connectivity index is 1.99. The molecule has 5 heteroatoms. The molecule has 3 rings (SSSR count). The monoisotopic (exact) mass is 368 g/mol. The van der Waals surface area contributed by atoms with E-state index >= 15 is 0 Å². The van der Waals surface area contributed by atoms with Crippen LogP contribution in [-0.4, -0.2) is 14.3 Å². The maximum atomic E-state index is 12.7. The van der Waals surface area contributed by atoms with Gasteiger partial charge >= 0.3 is 0 Å². The van der Waals surface area contributed by atoms with E-state index in [1.54, 1.807) is 6.92 Å². The van der Waals surface area contributed by atoms with Crippen molar-refractivity contribution in [3.05, 3.63) is 70.8 Å². The van der Waals surface area contributed by atoms with Crippen LogP contribution in [0.15, 0.2) is 58.5 Å². The number of rotatable bonds is 4. The summed E-state index contributed by atoms with van der Waals surface area (Å²) < 4.78 is 29.3. The molecule has 0 bridgehead atoms. The Hall–Kier alpha value is -2.40. The summed E-state index contributed by atoms with van der Waals surface area (Å²) in [5, 5.41) is 3.21. The van der Waals surface area contributed by atoms with Crippen LogP contribution in [0.1, 0.15) is 50.3 Å². The number of benzene rings is 2. The fraction of sp³-hybridized carbons (Fsp3) is 0.286. The van der Waals surface area contributed by atoms with E-state index < -0.39 is 10.0 Å². The summed E-state index contributed by atoms with van der Waals surface area (Å²) in [6.45, 7) is 8.10. The first-order valence-electron chi connectivity index (χ1n) is 8.85. The molecule has 0 amide bonds. The van der Waals surface area contributed by atoms with E-state index in [1.165, 1.54) is 5.56 Å². The van der Waals surface area contributed by atoms with E-state index in [-0.39, 0.29) is 4.91 Å². The summed E-state index contributed by atoms with van der Waals surface area (Å²) >= 11 is 0. The van der Waals surface area contributed by atoms with Crippen LogP contribution >= 0.6 is 0 Å². The van der Waals surface area contributed by atoms with Gasteiger partial charge in [-0.15, -0.1) is 4.40 Å². The highest BCUT2D eigenvalue weighted by Gasteiger charge is 2.31. The van der Waals surface area contributed by atoms with Crippen molar-refractivity contribution in [3.8, 4) is 0 Å². The Bertz CT molecular complexity index is 985. The smallest absolute Gasteiger partial charge is 0.285 e. The lowest BCUT2D eigenvalue weighted by molar-refractivity contribution is 0.608. The molecule has 1 aliphatic heterocycles. The first kappa shape index (κ1) is 18.4. The molecule has 0 aromatic heterocycles. The van der Waals surface area contributed by atoms with Gasteiger partial charge in [0.2, 0.25) is 0 Å². The van der Waals surface area contributed by atoms with Crippen molar-refractivity contribution in [2.45, 2.75) is 40.0 Å². The van der Waals surface area contributed by atoms with Gasteiger partial charge in [0.1, 0.15) is 10.7 Å². The predicted molar refractivity (Wildman–Crippen MR) is 109 cm³/mol. The zero-order chi connectivity index (χ0) is 18.9. The standard InChI is InChI=1S/C21H24N2O2S/c1-5-16-8-6-7-9-19(16)22-21-15(4)20(26(24,25)23-21)18-12-10-17(11-13-18)14(2)3/h6-14H,5H2,1-4H3,(H,22,23). The minimum absolute atomic E-state index is 0.282. The van der Waals surface area contributed by atoms with Crippen molar-refractivity contribution in [3.63, 3.8) is 0 Å². The molecular formula is C21H24N2O2S. The number of hydrogen-bond acceptors (Lipinski definition) is 3. The third kappa shape index (κ3) is 3.44. The van der Waals surface area contributed by atoms with Gasteiger partial charge in [-0.25, -0.2) is 0 Å². The van der Waals surface area contributed by atoms with Crippen LogP contribution in [0, 0.1) is 0 Å². The highest BCUT2D eigenvalue weighted by atomic mass is 32.2.